The van der Waals surface area contributed by atoms with Gasteiger partial charge in [0.05, 0.1) is 12.0 Å². The molecule has 0 saturated carbocycles. The van der Waals surface area contributed by atoms with Crippen molar-refractivity contribution in [2.24, 2.45) is 5.92 Å². The molecule has 0 bridgehead atoms. The van der Waals surface area contributed by atoms with Crippen LogP contribution in [-0.2, 0) is 16.4 Å². The van der Waals surface area contributed by atoms with Gasteiger partial charge in [-0.05, 0) is 48.2 Å². The van der Waals surface area contributed by atoms with Crippen molar-refractivity contribution in [1.82, 2.24) is 10.0 Å². The molecule has 2 aromatic carbocycles. The van der Waals surface area contributed by atoms with Crippen molar-refractivity contribution in [2.45, 2.75) is 25.2 Å². The van der Waals surface area contributed by atoms with Crippen molar-refractivity contribution in [3.63, 3.8) is 0 Å². The minimum atomic E-state index is -3.55. The second-order valence-electron chi connectivity index (χ2n) is 6.59. The topological polar surface area (TPSA) is 84.5 Å². The van der Waals surface area contributed by atoms with E-state index in [9.17, 15) is 13.2 Å². The molecule has 146 valence electrons. The Morgan fingerprint density at radius 3 is 2.37 bits per heavy atom. The number of methoxy groups -OCH3 is 1. The van der Waals surface area contributed by atoms with E-state index in [-0.39, 0.29) is 16.7 Å². The summed E-state index contributed by atoms with van der Waals surface area (Å²) in [6, 6.07) is 13.6. The summed E-state index contributed by atoms with van der Waals surface area (Å²) in [4.78, 5) is 12.4. The molecule has 0 fully saturated rings. The number of hydrogen-bond donors (Lipinski definition) is 2. The number of hydrogen-bond acceptors (Lipinski definition) is 4. The van der Waals surface area contributed by atoms with E-state index >= 15 is 0 Å². The van der Waals surface area contributed by atoms with Gasteiger partial charge in [0.25, 0.3) is 5.91 Å². The molecule has 0 aliphatic carbocycles. The molecule has 0 spiro atoms. The van der Waals surface area contributed by atoms with Crippen LogP contribution in [-0.4, -0.2) is 34.5 Å². The lowest BCUT2D eigenvalue weighted by Gasteiger charge is -2.10. The molecule has 2 rings (SSSR count). The molecule has 0 aliphatic heterocycles. The SMILES string of the molecule is COc1ccccc1CCNC(=O)c1ccc(S(=O)(=O)NCC(C)C)cc1. The molecule has 2 N–H and O–H groups in total. The molecule has 1 amide bonds. The Morgan fingerprint density at radius 2 is 1.74 bits per heavy atom. The van der Waals surface area contributed by atoms with Gasteiger partial charge in [0, 0.05) is 18.7 Å². The summed E-state index contributed by atoms with van der Waals surface area (Å²) < 4.78 is 32.2. The smallest absolute Gasteiger partial charge is 0.251 e. The summed E-state index contributed by atoms with van der Waals surface area (Å²) in [5.41, 5.74) is 1.43. The summed E-state index contributed by atoms with van der Waals surface area (Å²) in [6.07, 6.45) is 0.640. The largest absolute Gasteiger partial charge is 0.496 e. The van der Waals surface area contributed by atoms with Crippen LogP contribution in [0.4, 0.5) is 0 Å². The highest BCUT2D eigenvalue weighted by Gasteiger charge is 2.15. The van der Waals surface area contributed by atoms with Gasteiger partial charge in [-0.2, -0.15) is 0 Å². The van der Waals surface area contributed by atoms with E-state index in [2.05, 4.69) is 10.0 Å². The number of benzene rings is 2. The van der Waals surface area contributed by atoms with E-state index in [1.54, 1.807) is 7.11 Å². The van der Waals surface area contributed by atoms with Gasteiger partial charge in [0.2, 0.25) is 10.0 Å². The number of ether oxygens (including phenoxy) is 1. The molecule has 2 aromatic rings. The van der Waals surface area contributed by atoms with Crippen LogP contribution in [0.3, 0.4) is 0 Å². The van der Waals surface area contributed by atoms with Crippen molar-refractivity contribution in [1.29, 1.82) is 0 Å². The molecule has 0 unspecified atom stereocenters. The van der Waals surface area contributed by atoms with Crippen LogP contribution in [0.5, 0.6) is 5.75 Å². The number of carbonyl (C=O) groups excluding carboxylic acids is 1. The number of para-hydroxylation sites is 1. The monoisotopic (exact) mass is 390 g/mol. The van der Waals surface area contributed by atoms with Gasteiger partial charge in [-0.1, -0.05) is 32.0 Å². The lowest BCUT2D eigenvalue weighted by molar-refractivity contribution is 0.0954. The fraction of sp³-hybridized carbons (Fsp3) is 0.350. The molecule has 0 radical (unpaired) electrons. The van der Waals surface area contributed by atoms with Gasteiger partial charge < -0.3 is 10.1 Å². The first kappa shape index (κ1) is 20.9. The molecular weight excluding hydrogens is 364 g/mol. The number of carbonyl (C=O) groups is 1. The van der Waals surface area contributed by atoms with Crippen LogP contribution in [0.25, 0.3) is 0 Å². The zero-order valence-corrected chi connectivity index (χ0v) is 16.7. The van der Waals surface area contributed by atoms with E-state index in [0.717, 1.165) is 11.3 Å². The Bertz CT molecular complexity index is 862. The van der Waals surface area contributed by atoms with Crippen LogP contribution in [0.15, 0.2) is 53.4 Å². The first-order chi connectivity index (χ1) is 12.8. The van der Waals surface area contributed by atoms with Crippen LogP contribution in [0.1, 0.15) is 29.8 Å². The first-order valence-electron chi connectivity index (χ1n) is 8.83. The average molecular weight is 391 g/mol. The van der Waals surface area contributed by atoms with Crippen LogP contribution in [0, 0.1) is 5.92 Å². The van der Waals surface area contributed by atoms with E-state index in [1.165, 1.54) is 24.3 Å². The maximum atomic E-state index is 12.3. The molecular formula is C20H26N2O4S. The Labute approximate surface area is 161 Å². The van der Waals surface area contributed by atoms with Crippen LogP contribution >= 0.6 is 0 Å². The van der Waals surface area contributed by atoms with Crippen molar-refractivity contribution < 1.29 is 17.9 Å². The maximum Gasteiger partial charge on any atom is 0.251 e. The molecule has 0 aliphatic rings. The molecule has 27 heavy (non-hydrogen) atoms. The summed E-state index contributed by atoms with van der Waals surface area (Å²) in [6.45, 7) is 4.69. The predicted molar refractivity (Wildman–Crippen MR) is 105 cm³/mol. The molecule has 0 atom stereocenters. The minimum absolute atomic E-state index is 0.147. The summed E-state index contributed by atoms with van der Waals surface area (Å²) in [5, 5.41) is 2.84. The summed E-state index contributed by atoms with van der Waals surface area (Å²) in [5.74, 6) is 0.757. The fourth-order valence-electron chi connectivity index (χ4n) is 2.47. The number of nitrogens with one attached hydrogen (secondary N) is 2. The Balaban J connectivity index is 1.93. The summed E-state index contributed by atoms with van der Waals surface area (Å²) >= 11 is 0. The average Bonchev–Trinajstić information content (AvgIpc) is 2.67. The van der Waals surface area contributed by atoms with Crippen molar-refractivity contribution in [3.8, 4) is 5.75 Å². The van der Waals surface area contributed by atoms with Crippen LogP contribution in [0.2, 0.25) is 0 Å². The molecule has 0 heterocycles. The Morgan fingerprint density at radius 1 is 1.07 bits per heavy atom. The Hall–Kier alpha value is -2.38. The third-order valence-electron chi connectivity index (χ3n) is 3.98. The van der Waals surface area contributed by atoms with E-state index in [1.807, 2.05) is 38.1 Å². The highest BCUT2D eigenvalue weighted by molar-refractivity contribution is 7.89. The standard InChI is InChI=1S/C20H26N2O4S/c1-15(2)14-22-27(24,25)18-10-8-17(9-11-18)20(23)21-13-12-16-6-4-5-7-19(16)26-3/h4-11,15,22H,12-14H2,1-3H3,(H,21,23). The predicted octanol–water partition coefficient (Wildman–Crippen LogP) is 2.60. The molecule has 0 aromatic heterocycles. The summed E-state index contributed by atoms with van der Waals surface area (Å²) in [7, 11) is -1.94. The number of amides is 1. The maximum absolute atomic E-state index is 12.3. The van der Waals surface area contributed by atoms with E-state index < -0.39 is 10.0 Å². The number of rotatable bonds is 9. The highest BCUT2D eigenvalue weighted by atomic mass is 32.2. The number of sulfonamides is 1. The van der Waals surface area contributed by atoms with E-state index in [4.69, 9.17) is 4.74 Å². The van der Waals surface area contributed by atoms with Gasteiger partial charge in [-0.15, -0.1) is 0 Å². The third kappa shape index (κ3) is 6.08. The zero-order valence-electron chi connectivity index (χ0n) is 15.9. The van der Waals surface area contributed by atoms with Gasteiger partial charge in [-0.3, -0.25) is 4.79 Å². The van der Waals surface area contributed by atoms with Crippen molar-refractivity contribution >= 4 is 15.9 Å². The third-order valence-corrected chi connectivity index (χ3v) is 5.42. The second-order valence-corrected chi connectivity index (χ2v) is 8.35. The second kappa shape index (κ2) is 9.53. The van der Waals surface area contributed by atoms with E-state index in [0.29, 0.717) is 25.1 Å². The van der Waals surface area contributed by atoms with Gasteiger partial charge in [0.1, 0.15) is 5.75 Å². The fourth-order valence-corrected chi connectivity index (χ4v) is 3.68. The normalized spacial score (nSPS) is 11.4. The van der Waals surface area contributed by atoms with Crippen molar-refractivity contribution in [2.75, 3.05) is 20.2 Å². The van der Waals surface area contributed by atoms with Gasteiger partial charge in [0.15, 0.2) is 0 Å². The highest BCUT2D eigenvalue weighted by Crippen LogP contribution is 2.17. The molecule has 6 nitrogen and oxygen atoms in total. The Kier molecular flexibility index (Phi) is 7.38. The lowest BCUT2D eigenvalue weighted by Crippen LogP contribution is -2.28. The molecule has 7 heteroatoms. The minimum Gasteiger partial charge on any atom is -0.496 e. The quantitative estimate of drug-likeness (QED) is 0.689. The zero-order chi connectivity index (χ0) is 19.9. The first-order valence-corrected chi connectivity index (χ1v) is 10.3. The van der Waals surface area contributed by atoms with Crippen molar-refractivity contribution in [3.05, 3.63) is 59.7 Å². The molecule has 0 saturated heterocycles. The van der Waals surface area contributed by atoms with Crippen LogP contribution < -0.4 is 14.8 Å². The lowest BCUT2D eigenvalue weighted by atomic mass is 10.1. The van der Waals surface area contributed by atoms with Gasteiger partial charge >= 0.3 is 0 Å². The van der Waals surface area contributed by atoms with Gasteiger partial charge in [-0.25, -0.2) is 13.1 Å².